The highest BCUT2D eigenvalue weighted by Gasteiger charge is 2.56. The van der Waals surface area contributed by atoms with Gasteiger partial charge in [-0.25, -0.2) is 8.42 Å². The quantitative estimate of drug-likeness (QED) is 0.316. The molecular formula is C29H46O5SSi. The molecule has 2 aliphatic carbocycles. The molecule has 0 aromatic heterocycles. The number of ether oxygens (including phenoxy) is 2. The second-order valence-corrected chi connectivity index (χ2v) is 20.6. The fraction of sp³-hybridized carbons (Fsp3) is 0.724. The van der Waals surface area contributed by atoms with Gasteiger partial charge in [-0.15, -0.1) is 0 Å². The second kappa shape index (κ2) is 9.33. The van der Waals surface area contributed by atoms with Gasteiger partial charge in [0.05, 0.1) is 29.5 Å². The first kappa shape index (κ1) is 28.0. The third kappa shape index (κ3) is 5.15. The molecule has 1 aromatic rings. The van der Waals surface area contributed by atoms with Crippen molar-refractivity contribution in [1.29, 1.82) is 0 Å². The van der Waals surface area contributed by atoms with E-state index in [0.717, 1.165) is 12.8 Å². The van der Waals surface area contributed by atoms with E-state index in [1.807, 2.05) is 18.2 Å². The molecule has 0 amide bonds. The van der Waals surface area contributed by atoms with Crippen molar-refractivity contribution in [3.8, 4) is 0 Å². The van der Waals surface area contributed by atoms with Gasteiger partial charge in [-0.3, -0.25) is 0 Å². The van der Waals surface area contributed by atoms with Gasteiger partial charge in [-0.05, 0) is 59.9 Å². The number of rotatable bonds is 4. The highest BCUT2D eigenvalue weighted by Crippen LogP contribution is 2.55. The SMILES string of the molecule is CC1(C)C[C@@H](S(=O)(=O)c2ccccc2)[C@H]2CC3(CC[C@@]2(C)/C=C\[C@@H]1O[Si](C)(C)C(C)(C)C)OCCO3. The lowest BCUT2D eigenvalue weighted by molar-refractivity contribution is -0.202. The number of allylic oxidation sites excluding steroid dienone is 1. The van der Waals surface area contributed by atoms with Gasteiger partial charge >= 0.3 is 0 Å². The second-order valence-electron chi connectivity index (χ2n) is 13.7. The summed E-state index contributed by atoms with van der Waals surface area (Å²) < 4.78 is 48.0. The summed E-state index contributed by atoms with van der Waals surface area (Å²) in [6.07, 6.45) is 7.10. The van der Waals surface area contributed by atoms with Crippen LogP contribution in [0.3, 0.4) is 0 Å². The van der Waals surface area contributed by atoms with Gasteiger partial charge in [0.15, 0.2) is 23.9 Å². The molecule has 1 heterocycles. The van der Waals surface area contributed by atoms with Crippen LogP contribution in [-0.2, 0) is 23.7 Å². The van der Waals surface area contributed by atoms with Gasteiger partial charge in [0.25, 0.3) is 0 Å². The predicted molar refractivity (Wildman–Crippen MR) is 147 cm³/mol. The Morgan fingerprint density at radius 2 is 1.58 bits per heavy atom. The van der Waals surface area contributed by atoms with Crippen LogP contribution in [0, 0.1) is 16.7 Å². The first-order chi connectivity index (χ1) is 16.5. The van der Waals surface area contributed by atoms with E-state index in [1.165, 1.54) is 0 Å². The van der Waals surface area contributed by atoms with Crippen molar-refractivity contribution < 1.29 is 22.3 Å². The van der Waals surface area contributed by atoms with Crippen molar-refractivity contribution in [1.82, 2.24) is 0 Å². The van der Waals surface area contributed by atoms with Crippen molar-refractivity contribution in [2.45, 2.75) is 107 Å². The summed E-state index contributed by atoms with van der Waals surface area (Å²) >= 11 is 0. The Kier molecular flexibility index (Phi) is 7.27. The molecule has 0 bridgehead atoms. The van der Waals surface area contributed by atoms with E-state index in [0.29, 0.717) is 31.0 Å². The van der Waals surface area contributed by atoms with Crippen LogP contribution in [0.15, 0.2) is 47.4 Å². The first-order valence-corrected chi connectivity index (χ1v) is 17.9. The average molecular weight is 535 g/mol. The molecule has 4 rings (SSSR count). The molecule has 0 N–H and O–H groups in total. The van der Waals surface area contributed by atoms with Crippen molar-refractivity contribution >= 4 is 18.2 Å². The van der Waals surface area contributed by atoms with Crippen LogP contribution in [-0.4, -0.2) is 47.1 Å². The molecule has 36 heavy (non-hydrogen) atoms. The number of benzene rings is 1. The fourth-order valence-corrected chi connectivity index (χ4v) is 9.75. The average Bonchev–Trinajstić information content (AvgIpc) is 3.24. The van der Waals surface area contributed by atoms with Crippen molar-refractivity contribution in [3.63, 3.8) is 0 Å². The zero-order valence-corrected chi connectivity index (χ0v) is 25.3. The molecule has 0 unspecified atom stereocenters. The Labute approximate surface area is 220 Å². The number of sulfone groups is 1. The minimum Gasteiger partial charge on any atom is -0.410 e. The minimum atomic E-state index is -3.61. The van der Waals surface area contributed by atoms with Crippen molar-refractivity contribution in [2.24, 2.45) is 16.7 Å². The molecule has 1 aliphatic heterocycles. The molecular weight excluding hydrogens is 488 g/mol. The molecule has 2 fully saturated rings. The summed E-state index contributed by atoms with van der Waals surface area (Å²) in [6.45, 7) is 19.0. The summed E-state index contributed by atoms with van der Waals surface area (Å²) in [5.74, 6) is -0.790. The van der Waals surface area contributed by atoms with E-state index in [-0.39, 0.29) is 27.9 Å². The molecule has 0 radical (unpaired) electrons. The predicted octanol–water partition coefficient (Wildman–Crippen LogP) is 6.75. The lowest BCUT2D eigenvalue weighted by atomic mass is 9.60. The molecule has 4 atom stereocenters. The van der Waals surface area contributed by atoms with Gasteiger partial charge in [0, 0.05) is 12.8 Å². The van der Waals surface area contributed by atoms with Gasteiger partial charge in [-0.1, -0.05) is 71.9 Å². The lowest BCUT2D eigenvalue weighted by Crippen LogP contribution is -2.54. The lowest BCUT2D eigenvalue weighted by Gasteiger charge is -2.53. The topological polar surface area (TPSA) is 61.8 Å². The normalized spacial score (nSPS) is 33.5. The summed E-state index contributed by atoms with van der Waals surface area (Å²) in [5.41, 5.74) is -0.666. The van der Waals surface area contributed by atoms with Crippen molar-refractivity contribution in [3.05, 3.63) is 42.5 Å². The van der Waals surface area contributed by atoms with Crippen LogP contribution in [0.5, 0.6) is 0 Å². The number of fused-ring (bicyclic) bond motifs is 1. The first-order valence-electron chi connectivity index (χ1n) is 13.5. The maximum Gasteiger partial charge on any atom is 0.192 e. The van der Waals surface area contributed by atoms with Gasteiger partial charge in [0.2, 0.25) is 0 Å². The monoisotopic (exact) mass is 534 g/mol. The van der Waals surface area contributed by atoms with E-state index in [4.69, 9.17) is 13.9 Å². The zero-order chi connectivity index (χ0) is 26.6. The molecule has 3 aliphatic rings. The molecule has 1 saturated heterocycles. The summed E-state index contributed by atoms with van der Waals surface area (Å²) in [4.78, 5) is 0.396. The van der Waals surface area contributed by atoms with Gasteiger partial charge in [0.1, 0.15) is 0 Å². The Balaban J connectivity index is 1.82. The van der Waals surface area contributed by atoms with E-state index < -0.39 is 29.2 Å². The standard InChI is InChI=1S/C29H46O5SSi/c1-26(2,3)36(7,8)34-25-14-15-28(6)16-17-29(32-18-19-33-29)20-23(28)24(21-27(25,4)5)35(30,31)22-12-10-9-11-13-22/h9-15,23-25H,16-21H2,1-8H3/b15-14-/t23-,24-,25+,28-/m1/s1. The smallest absolute Gasteiger partial charge is 0.192 e. The van der Waals surface area contributed by atoms with E-state index in [9.17, 15) is 8.42 Å². The Morgan fingerprint density at radius 3 is 2.17 bits per heavy atom. The zero-order valence-electron chi connectivity index (χ0n) is 23.5. The third-order valence-corrected chi connectivity index (χ3v) is 16.2. The molecule has 5 nitrogen and oxygen atoms in total. The molecule has 1 saturated carbocycles. The van der Waals surface area contributed by atoms with Crippen LogP contribution in [0.25, 0.3) is 0 Å². The number of hydrogen-bond acceptors (Lipinski definition) is 5. The van der Waals surface area contributed by atoms with Crippen LogP contribution >= 0.6 is 0 Å². The molecule has 7 heteroatoms. The maximum absolute atomic E-state index is 14.4. The Hall–Kier alpha value is -0.993. The van der Waals surface area contributed by atoms with Crippen LogP contribution in [0.1, 0.15) is 67.2 Å². The van der Waals surface area contributed by atoms with Crippen LogP contribution in [0.4, 0.5) is 0 Å². The van der Waals surface area contributed by atoms with Gasteiger partial charge < -0.3 is 13.9 Å². The third-order valence-electron chi connectivity index (χ3n) is 9.53. The maximum atomic E-state index is 14.4. The van der Waals surface area contributed by atoms with E-state index >= 15 is 0 Å². The molecule has 1 spiro atoms. The summed E-state index contributed by atoms with van der Waals surface area (Å²) in [7, 11) is -5.70. The molecule has 202 valence electrons. The Morgan fingerprint density at radius 1 is 0.972 bits per heavy atom. The fourth-order valence-electron chi connectivity index (χ4n) is 5.99. The van der Waals surface area contributed by atoms with Gasteiger partial charge in [-0.2, -0.15) is 0 Å². The molecule has 1 aromatic carbocycles. The Bertz CT molecular complexity index is 1070. The largest absolute Gasteiger partial charge is 0.410 e. The summed E-state index contributed by atoms with van der Waals surface area (Å²) in [6, 6.07) is 8.97. The minimum absolute atomic E-state index is 0.0651. The summed E-state index contributed by atoms with van der Waals surface area (Å²) in [5, 5.41) is -0.504. The van der Waals surface area contributed by atoms with E-state index in [1.54, 1.807) is 12.1 Å². The van der Waals surface area contributed by atoms with Crippen LogP contribution in [0.2, 0.25) is 18.1 Å². The highest BCUT2D eigenvalue weighted by molar-refractivity contribution is 7.92. The highest BCUT2D eigenvalue weighted by atomic mass is 32.2. The van der Waals surface area contributed by atoms with Crippen molar-refractivity contribution in [2.75, 3.05) is 13.2 Å². The van der Waals surface area contributed by atoms with Crippen LogP contribution < -0.4 is 0 Å². The van der Waals surface area contributed by atoms with E-state index in [2.05, 4.69) is 66.8 Å². The number of hydrogen-bond donors (Lipinski definition) is 0.